The summed E-state index contributed by atoms with van der Waals surface area (Å²) in [5, 5.41) is 2.99. The Labute approximate surface area is 197 Å². The number of nitrogens with zero attached hydrogens (tertiary/aromatic N) is 2. The number of aryl methyl sites for hydroxylation is 1. The van der Waals surface area contributed by atoms with Crippen LogP contribution in [0.15, 0.2) is 34.9 Å². The van der Waals surface area contributed by atoms with Crippen molar-refractivity contribution in [2.24, 2.45) is 5.41 Å². The van der Waals surface area contributed by atoms with E-state index in [1.807, 2.05) is 31.2 Å². The zero-order valence-electron chi connectivity index (χ0n) is 18.1. The van der Waals surface area contributed by atoms with Gasteiger partial charge in [-0.05, 0) is 115 Å². The van der Waals surface area contributed by atoms with Crippen molar-refractivity contribution in [1.82, 2.24) is 4.98 Å². The number of aromatic nitrogens is 1. The molecule has 1 amide bonds. The first-order chi connectivity index (χ1) is 14.8. The number of pyridine rings is 1. The number of piperidine rings is 1. The van der Waals surface area contributed by atoms with Crippen LogP contribution in [0.2, 0.25) is 0 Å². The summed E-state index contributed by atoms with van der Waals surface area (Å²) in [5.74, 6) is 0.446. The molecule has 0 atom stereocenters. The monoisotopic (exact) mass is 500 g/mol. The van der Waals surface area contributed by atoms with Crippen LogP contribution < -0.4 is 14.9 Å². The fourth-order valence-electron chi connectivity index (χ4n) is 4.16. The lowest BCUT2D eigenvalue weighted by atomic mass is 9.93. The van der Waals surface area contributed by atoms with E-state index in [9.17, 15) is 4.79 Å². The highest BCUT2D eigenvalue weighted by Gasteiger charge is 2.44. The molecule has 1 aromatic carbocycles. The molecule has 1 spiro atoms. The molecule has 2 saturated carbocycles. The Kier molecular flexibility index (Phi) is 5.45. The van der Waals surface area contributed by atoms with Crippen LogP contribution in [0.25, 0.3) is 0 Å². The van der Waals surface area contributed by atoms with Gasteiger partial charge in [-0.15, -0.1) is 0 Å². The maximum Gasteiger partial charge on any atom is 0.258 e. The van der Waals surface area contributed by atoms with Crippen LogP contribution in [0.1, 0.15) is 61.4 Å². The number of carbonyl (C=O) groups is 1. The van der Waals surface area contributed by atoms with Gasteiger partial charge >= 0.3 is 0 Å². The number of nitrogens with one attached hydrogen (secondary N) is 2. The van der Waals surface area contributed by atoms with Crippen molar-refractivity contribution in [2.45, 2.75) is 57.1 Å². The summed E-state index contributed by atoms with van der Waals surface area (Å²) in [7, 11) is 0. The largest absolute Gasteiger partial charge is 0.371 e. The molecule has 0 unspecified atom stereocenters. The normalized spacial score (nSPS) is 20.4. The predicted octanol–water partition coefficient (Wildman–Crippen LogP) is 6.40. The van der Waals surface area contributed by atoms with Crippen molar-refractivity contribution in [3.8, 4) is 0 Å². The summed E-state index contributed by atoms with van der Waals surface area (Å²) in [6.45, 7) is 6.31. The molecule has 3 fully saturated rings. The lowest BCUT2D eigenvalue weighted by Gasteiger charge is -2.35. The van der Waals surface area contributed by atoms with Crippen molar-refractivity contribution >= 4 is 51.0 Å². The Bertz CT molecular complexity index is 1010. The summed E-state index contributed by atoms with van der Waals surface area (Å²) in [4.78, 5) is 20.1. The summed E-state index contributed by atoms with van der Waals surface area (Å²) in [5.41, 5.74) is 4.43. The molecule has 1 aliphatic heterocycles. The Morgan fingerprint density at radius 2 is 1.84 bits per heavy atom. The Morgan fingerprint density at radius 1 is 1.10 bits per heavy atom. The van der Waals surface area contributed by atoms with Crippen molar-refractivity contribution in [3.05, 3.63) is 46.1 Å². The zero-order chi connectivity index (χ0) is 21.6. The topological polar surface area (TPSA) is 57.3 Å². The number of hydrogen-bond donors (Lipinski definition) is 2. The van der Waals surface area contributed by atoms with Crippen LogP contribution in [0.3, 0.4) is 0 Å². The van der Waals surface area contributed by atoms with Crippen molar-refractivity contribution in [3.63, 3.8) is 0 Å². The van der Waals surface area contributed by atoms with Crippen LogP contribution in [0.4, 0.5) is 17.2 Å². The Balaban J connectivity index is 1.38. The van der Waals surface area contributed by atoms with E-state index in [1.165, 1.54) is 38.5 Å². The first kappa shape index (κ1) is 21.1. The lowest BCUT2D eigenvalue weighted by molar-refractivity contribution is 0.102. The maximum atomic E-state index is 13.2. The molecular weight excluding hydrogens is 472 g/mol. The van der Waals surface area contributed by atoms with Gasteiger partial charge in [0.2, 0.25) is 0 Å². The van der Waals surface area contributed by atoms with Gasteiger partial charge in [-0.25, -0.2) is 4.98 Å². The molecule has 2 heterocycles. The number of anilines is 3. The van der Waals surface area contributed by atoms with E-state index in [1.54, 1.807) is 11.9 Å². The van der Waals surface area contributed by atoms with Gasteiger partial charge in [-0.3, -0.25) is 4.79 Å². The maximum absolute atomic E-state index is 13.2. The number of hydrogen-bond acceptors (Lipinski definition) is 5. The van der Waals surface area contributed by atoms with E-state index >= 15 is 0 Å². The van der Waals surface area contributed by atoms with E-state index in [4.69, 9.17) is 0 Å². The molecule has 2 aromatic rings. The smallest absolute Gasteiger partial charge is 0.258 e. The molecule has 5 nitrogen and oxygen atoms in total. The average Bonchev–Trinajstić information content (AvgIpc) is 3.69. The lowest BCUT2D eigenvalue weighted by Crippen LogP contribution is -2.35. The van der Waals surface area contributed by atoms with Crippen LogP contribution in [-0.2, 0) is 0 Å². The number of rotatable bonds is 6. The van der Waals surface area contributed by atoms with Crippen LogP contribution >= 0.6 is 27.9 Å². The fourth-order valence-corrected chi connectivity index (χ4v) is 5.29. The van der Waals surface area contributed by atoms with Crippen molar-refractivity contribution < 1.29 is 4.79 Å². The highest BCUT2D eigenvalue weighted by molar-refractivity contribution is 9.10. The summed E-state index contributed by atoms with van der Waals surface area (Å²) in [6.07, 6.45) is 7.71. The van der Waals surface area contributed by atoms with Crippen LogP contribution in [0.5, 0.6) is 0 Å². The predicted molar refractivity (Wildman–Crippen MR) is 133 cm³/mol. The molecule has 164 valence electrons. The van der Waals surface area contributed by atoms with Crippen LogP contribution in [-0.4, -0.2) is 28.7 Å². The fraction of sp³-hybridized carbons (Fsp3) is 0.500. The van der Waals surface area contributed by atoms with Gasteiger partial charge < -0.3 is 14.9 Å². The first-order valence-electron chi connectivity index (χ1n) is 11.1. The third kappa shape index (κ3) is 4.72. The van der Waals surface area contributed by atoms with Gasteiger partial charge in [0.1, 0.15) is 10.4 Å². The highest BCUT2D eigenvalue weighted by atomic mass is 79.9. The van der Waals surface area contributed by atoms with E-state index in [-0.39, 0.29) is 5.91 Å². The van der Waals surface area contributed by atoms with E-state index in [0.717, 1.165) is 34.6 Å². The van der Waals surface area contributed by atoms with Gasteiger partial charge in [-0.2, -0.15) is 0 Å². The van der Waals surface area contributed by atoms with E-state index < -0.39 is 0 Å². The number of amides is 1. The van der Waals surface area contributed by atoms with Gasteiger partial charge in [0.15, 0.2) is 0 Å². The van der Waals surface area contributed by atoms with Crippen molar-refractivity contribution in [2.75, 3.05) is 28.0 Å². The third-order valence-electron chi connectivity index (χ3n) is 7.01. The second-order valence-electron chi connectivity index (χ2n) is 9.63. The van der Waals surface area contributed by atoms with E-state index in [2.05, 4.69) is 48.8 Å². The van der Waals surface area contributed by atoms with E-state index in [0.29, 0.717) is 21.5 Å². The highest BCUT2D eigenvalue weighted by Crippen LogP contribution is 2.54. The second kappa shape index (κ2) is 8.00. The minimum atomic E-state index is -0.113. The molecule has 0 radical (unpaired) electrons. The molecule has 31 heavy (non-hydrogen) atoms. The van der Waals surface area contributed by atoms with Crippen LogP contribution in [0, 0.1) is 12.3 Å². The summed E-state index contributed by atoms with van der Waals surface area (Å²) >= 11 is 5.25. The standard InChI is InChI=1S/C24H29BrN4OS/c1-16-3-6-20(26-21(16)25)27-22(30)18-5-4-17(28-31-23(2)7-8-23)15-19(18)29-13-11-24(9-10-24)12-14-29/h3-6,15,28H,7-14H2,1-2H3,(H,26,27,30). The first-order valence-corrected chi connectivity index (χ1v) is 12.7. The molecule has 1 saturated heterocycles. The third-order valence-corrected chi connectivity index (χ3v) is 9.05. The SMILES string of the molecule is Cc1ccc(NC(=O)c2ccc(NSC3(C)CC3)cc2N2CCC3(CC2)CC3)nc1Br. The van der Waals surface area contributed by atoms with Gasteiger partial charge in [-0.1, -0.05) is 6.07 Å². The Hall–Kier alpha value is -1.73. The number of halogens is 1. The number of benzene rings is 1. The molecular formula is C24H29BrN4OS. The zero-order valence-corrected chi connectivity index (χ0v) is 20.5. The molecule has 1 aromatic heterocycles. The van der Waals surface area contributed by atoms with Crippen molar-refractivity contribution in [1.29, 1.82) is 0 Å². The summed E-state index contributed by atoms with van der Waals surface area (Å²) in [6, 6.07) is 9.92. The quantitative estimate of drug-likeness (QED) is 0.355. The van der Waals surface area contributed by atoms with Gasteiger partial charge in [0, 0.05) is 23.5 Å². The molecule has 2 aliphatic carbocycles. The average molecular weight is 501 g/mol. The Morgan fingerprint density at radius 3 is 2.48 bits per heavy atom. The molecule has 2 N–H and O–H groups in total. The van der Waals surface area contributed by atoms with Gasteiger partial charge in [0.25, 0.3) is 5.91 Å². The summed E-state index contributed by atoms with van der Waals surface area (Å²) < 4.78 is 4.63. The minimum absolute atomic E-state index is 0.113. The molecule has 5 rings (SSSR count). The molecule has 3 aliphatic rings. The number of carbonyl (C=O) groups excluding carboxylic acids is 1. The minimum Gasteiger partial charge on any atom is -0.371 e. The molecule has 0 bridgehead atoms. The van der Waals surface area contributed by atoms with Gasteiger partial charge in [0.05, 0.1) is 11.3 Å². The molecule has 7 heteroatoms. The second-order valence-corrected chi connectivity index (χ2v) is 11.8.